The molecule has 146 valence electrons. The Kier molecular flexibility index (Phi) is 4.78. The maximum atomic E-state index is 5.24. The lowest BCUT2D eigenvalue weighted by molar-refractivity contribution is 0.317. The normalized spacial score (nSPS) is 20.2. The van der Waals surface area contributed by atoms with Crippen molar-refractivity contribution in [2.24, 2.45) is 4.99 Å². The van der Waals surface area contributed by atoms with Gasteiger partial charge in [0.15, 0.2) is 0 Å². The van der Waals surface area contributed by atoms with E-state index < -0.39 is 0 Å². The number of aliphatic imine (C=N–C) groups is 1. The molecular formula is C25H25N3O. The molecule has 3 heterocycles. The van der Waals surface area contributed by atoms with Gasteiger partial charge in [0.25, 0.3) is 0 Å². The number of hydrogen-bond acceptors (Lipinski definition) is 4. The molecule has 0 saturated carbocycles. The van der Waals surface area contributed by atoms with E-state index in [1.165, 1.54) is 36.1 Å². The molecule has 0 aliphatic carbocycles. The molecule has 1 N–H and O–H groups in total. The van der Waals surface area contributed by atoms with E-state index in [-0.39, 0.29) is 0 Å². The van der Waals surface area contributed by atoms with Crippen molar-refractivity contribution in [2.45, 2.75) is 18.9 Å². The van der Waals surface area contributed by atoms with Gasteiger partial charge in [0.1, 0.15) is 0 Å². The van der Waals surface area contributed by atoms with Gasteiger partial charge in [0, 0.05) is 29.7 Å². The number of rotatable bonds is 4. The Hall–Kier alpha value is -3.11. The molecule has 2 aliphatic rings. The Balaban J connectivity index is 1.37. The minimum Gasteiger partial charge on any atom is -0.472 e. The molecule has 0 amide bonds. The van der Waals surface area contributed by atoms with Gasteiger partial charge in [-0.25, -0.2) is 0 Å². The molecule has 29 heavy (non-hydrogen) atoms. The summed E-state index contributed by atoms with van der Waals surface area (Å²) in [6.07, 6.45) is 10.1. The van der Waals surface area contributed by atoms with Crippen LogP contribution in [0.15, 0.2) is 76.7 Å². The molecule has 4 heteroatoms. The SMILES string of the molecule is CN1CCCC1c1ccc(NC=C2CN=Cc3ccc(-c4ccoc4)cc32)cc1. The number of hydrogen-bond donors (Lipinski definition) is 1. The van der Waals surface area contributed by atoms with Crippen molar-refractivity contribution >= 4 is 17.5 Å². The molecule has 2 aliphatic heterocycles. The molecule has 1 unspecified atom stereocenters. The number of nitrogens with zero attached hydrogens (tertiary/aromatic N) is 2. The highest BCUT2D eigenvalue weighted by molar-refractivity contribution is 5.94. The van der Waals surface area contributed by atoms with Gasteiger partial charge in [-0.1, -0.05) is 24.3 Å². The second-order valence-corrected chi connectivity index (χ2v) is 7.86. The number of furan rings is 1. The average Bonchev–Trinajstić information content (AvgIpc) is 3.44. The molecular weight excluding hydrogens is 358 g/mol. The van der Waals surface area contributed by atoms with Crippen LogP contribution in [-0.4, -0.2) is 31.3 Å². The van der Waals surface area contributed by atoms with Crippen LogP contribution in [0.1, 0.15) is 35.6 Å². The van der Waals surface area contributed by atoms with E-state index in [2.05, 4.69) is 70.9 Å². The molecule has 4 nitrogen and oxygen atoms in total. The molecule has 1 aromatic heterocycles. The van der Waals surface area contributed by atoms with Crippen molar-refractivity contribution in [3.05, 3.63) is 83.9 Å². The highest BCUT2D eigenvalue weighted by Gasteiger charge is 2.22. The lowest BCUT2D eigenvalue weighted by atomic mass is 9.94. The van der Waals surface area contributed by atoms with Crippen LogP contribution in [-0.2, 0) is 0 Å². The van der Waals surface area contributed by atoms with E-state index >= 15 is 0 Å². The minimum atomic E-state index is 0.559. The van der Waals surface area contributed by atoms with Crippen LogP contribution in [0.4, 0.5) is 5.69 Å². The van der Waals surface area contributed by atoms with Crippen molar-refractivity contribution in [1.82, 2.24) is 4.90 Å². The van der Waals surface area contributed by atoms with Gasteiger partial charge in [0.2, 0.25) is 0 Å². The largest absolute Gasteiger partial charge is 0.472 e. The van der Waals surface area contributed by atoms with Crippen LogP contribution >= 0.6 is 0 Å². The zero-order valence-corrected chi connectivity index (χ0v) is 16.6. The summed E-state index contributed by atoms with van der Waals surface area (Å²) in [6, 6.07) is 17.9. The van der Waals surface area contributed by atoms with Crippen molar-refractivity contribution in [3.8, 4) is 11.1 Å². The van der Waals surface area contributed by atoms with Crippen LogP contribution in [0, 0.1) is 0 Å². The summed E-state index contributed by atoms with van der Waals surface area (Å²) in [7, 11) is 2.22. The Labute approximate surface area is 171 Å². The Morgan fingerprint density at radius 1 is 1.10 bits per heavy atom. The third kappa shape index (κ3) is 3.64. The van der Waals surface area contributed by atoms with Crippen molar-refractivity contribution in [2.75, 3.05) is 25.5 Å². The van der Waals surface area contributed by atoms with Gasteiger partial charge >= 0.3 is 0 Å². The fourth-order valence-electron chi connectivity index (χ4n) is 4.31. The third-order valence-corrected chi connectivity index (χ3v) is 5.97. The van der Waals surface area contributed by atoms with Gasteiger partial charge in [-0.05, 0) is 78.5 Å². The first-order valence-corrected chi connectivity index (χ1v) is 10.2. The van der Waals surface area contributed by atoms with E-state index in [9.17, 15) is 0 Å². The van der Waals surface area contributed by atoms with Crippen LogP contribution in [0.2, 0.25) is 0 Å². The van der Waals surface area contributed by atoms with Gasteiger partial charge in [-0.3, -0.25) is 9.89 Å². The zero-order chi connectivity index (χ0) is 19.6. The minimum absolute atomic E-state index is 0.559. The number of fused-ring (bicyclic) bond motifs is 1. The molecule has 1 atom stereocenters. The quantitative estimate of drug-likeness (QED) is 0.638. The second kappa shape index (κ2) is 7.72. The standard InChI is InChI=1S/C25H25N3O/c1-28-11-2-3-25(28)18-6-8-23(9-7-18)27-16-22-15-26-14-20-5-4-19(13-24(20)22)21-10-12-29-17-21/h4-10,12-14,16-17,25,27H,2-3,11,15H2,1H3. The maximum Gasteiger partial charge on any atom is 0.0980 e. The lowest BCUT2D eigenvalue weighted by Gasteiger charge is -2.20. The Bertz CT molecular complexity index is 1050. The molecule has 1 fully saturated rings. The molecule has 5 rings (SSSR count). The fourth-order valence-corrected chi connectivity index (χ4v) is 4.31. The molecule has 2 aromatic carbocycles. The number of nitrogens with one attached hydrogen (secondary N) is 1. The smallest absolute Gasteiger partial charge is 0.0980 e. The van der Waals surface area contributed by atoms with Crippen LogP contribution in [0.25, 0.3) is 16.7 Å². The van der Waals surface area contributed by atoms with E-state index in [1.54, 1.807) is 12.5 Å². The lowest BCUT2D eigenvalue weighted by Crippen LogP contribution is -2.17. The monoisotopic (exact) mass is 383 g/mol. The molecule has 0 radical (unpaired) electrons. The Morgan fingerprint density at radius 2 is 2.00 bits per heavy atom. The zero-order valence-electron chi connectivity index (χ0n) is 16.6. The first-order chi connectivity index (χ1) is 14.3. The van der Waals surface area contributed by atoms with Crippen LogP contribution in [0.3, 0.4) is 0 Å². The van der Waals surface area contributed by atoms with Crippen LogP contribution < -0.4 is 5.32 Å². The number of likely N-dealkylation sites (tertiary alicyclic amines) is 1. The molecule has 0 bridgehead atoms. The van der Waals surface area contributed by atoms with E-state index in [4.69, 9.17) is 4.42 Å². The van der Waals surface area contributed by atoms with Crippen molar-refractivity contribution in [1.29, 1.82) is 0 Å². The highest BCUT2D eigenvalue weighted by Crippen LogP contribution is 2.31. The average molecular weight is 383 g/mol. The Morgan fingerprint density at radius 3 is 2.76 bits per heavy atom. The summed E-state index contributed by atoms with van der Waals surface area (Å²) < 4.78 is 5.24. The first kappa shape index (κ1) is 18.0. The second-order valence-electron chi connectivity index (χ2n) is 7.86. The summed E-state index contributed by atoms with van der Waals surface area (Å²) in [5.41, 5.74) is 8.31. The van der Waals surface area contributed by atoms with Gasteiger partial charge < -0.3 is 9.73 Å². The molecule has 3 aromatic rings. The first-order valence-electron chi connectivity index (χ1n) is 10.2. The summed E-state index contributed by atoms with van der Waals surface area (Å²) >= 11 is 0. The van der Waals surface area contributed by atoms with Gasteiger partial charge in [-0.2, -0.15) is 0 Å². The summed E-state index contributed by atoms with van der Waals surface area (Å²) in [5, 5.41) is 3.47. The number of anilines is 1. The van der Waals surface area contributed by atoms with Crippen LogP contribution in [0.5, 0.6) is 0 Å². The van der Waals surface area contributed by atoms with Gasteiger partial charge in [-0.15, -0.1) is 0 Å². The highest BCUT2D eigenvalue weighted by atomic mass is 16.3. The fraction of sp³-hybridized carbons (Fsp3) is 0.240. The predicted molar refractivity (Wildman–Crippen MR) is 119 cm³/mol. The van der Waals surface area contributed by atoms with Crippen molar-refractivity contribution < 1.29 is 4.42 Å². The summed E-state index contributed by atoms with van der Waals surface area (Å²) in [5.74, 6) is 0. The third-order valence-electron chi connectivity index (χ3n) is 5.97. The molecule has 1 saturated heterocycles. The van der Waals surface area contributed by atoms with E-state index in [1.807, 2.05) is 12.3 Å². The topological polar surface area (TPSA) is 40.8 Å². The van der Waals surface area contributed by atoms with Gasteiger partial charge in [0.05, 0.1) is 19.1 Å². The summed E-state index contributed by atoms with van der Waals surface area (Å²) in [6.45, 7) is 1.87. The maximum absolute atomic E-state index is 5.24. The van der Waals surface area contributed by atoms with E-state index in [0.29, 0.717) is 12.6 Å². The molecule has 0 spiro atoms. The predicted octanol–water partition coefficient (Wildman–Crippen LogP) is 5.60. The summed E-state index contributed by atoms with van der Waals surface area (Å²) in [4.78, 5) is 6.97. The van der Waals surface area contributed by atoms with Crippen molar-refractivity contribution in [3.63, 3.8) is 0 Å². The number of benzene rings is 2. The van der Waals surface area contributed by atoms with E-state index in [0.717, 1.165) is 22.4 Å².